The van der Waals surface area contributed by atoms with Gasteiger partial charge in [-0.3, -0.25) is 15.2 Å². The van der Waals surface area contributed by atoms with Gasteiger partial charge in [0.05, 0.1) is 5.69 Å². The fraction of sp³-hybridized carbons (Fsp3) is 0.231. The van der Waals surface area contributed by atoms with Crippen molar-refractivity contribution < 1.29 is 4.79 Å². The highest BCUT2D eigenvalue weighted by Gasteiger charge is 2.22. The summed E-state index contributed by atoms with van der Waals surface area (Å²) in [5.74, 6) is -0.304. The lowest BCUT2D eigenvalue weighted by atomic mass is 10.2. The van der Waals surface area contributed by atoms with Crippen molar-refractivity contribution in [3.63, 3.8) is 0 Å². The molecule has 0 aliphatic heterocycles. The summed E-state index contributed by atoms with van der Waals surface area (Å²) in [6.45, 7) is 5.67. The van der Waals surface area contributed by atoms with Crippen molar-refractivity contribution in [1.82, 2.24) is 4.90 Å². The number of benzene rings is 1. The molecule has 6 heteroatoms. The number of nitrogens with zero attached hydrogens (tertiary/aromatic N) is 2. The van der Waals surface area contributed by atoms with Gasteiger partial charge in [0.15, 0.2) is 5.96 Å². The molecule has 1 aromatic rings. The molecule has 0 radical (unpaired) electrons. The quantitative estimate of drug-likeness (QED) is 0.509. The summed E-state index contributed by atoms with van der Waals surface area (Å²) >= 11 is 3.42. The lowest BCUT2D eigenvalue weighted by Crippen LogP contribution is -2.48. The molecule has 0 aliphatic rings. The number of aryl methyl sites for hydroxylation is 1. The third-order valence-corrected chi connectivity index (χ3v) is 3.28. The van der Waals surface area contributed by atoms with Gasteiger partial charge in [-0.25, -0.2) is 4.79 Å². The molecule has 1 rings (SSSR count). The number of hydrogen-bond acceptors (Lipinski definition) is 2. The van der Waals surface area contributed by atoms with Crippen LogP contribution < -0.4 is 10.6 Å². The first-order chi connectivity index (χ1) is 8.90. The molecule has 0 bridgehead atoms. The van der Waals surface area contributed by atoms with E-state index < -0.39 is 0 Å². The average Bonchev–Trinajstić information content (AvgIpc) is 2.34. The number of para-hydroxylation sites is 1. The SMILES string of the molecule is C=CCN(C(=N)N)C(=O)N(C)c1c(C)cccc1Br. The Balaban J connectivity index is 3.11. The van der Waals surface area contributed by atoms with Gasteiger partial charge in [-0.15, -0.1) is 6.58 Å². The maximum absolute atomic E-state index is 12.3. The van der Waals surface area contributed by atoms with Crippen molar-refractivity contribution >= 4 is 33.6 Å². The van der Waals surface area contributed by atoms with Gasteiger partial charge in [-0.2, -0.15) is 0 Å². The van der Waals surface area contributed by atoms with Crippen molar-refractivity contribution in [3.05, 3.63) is 40.9 Å². The van der Waals surface area contributed by atoms with E-state index in [1.54, 1.807) is 7.05 Å². The lowest BCUT2D eigenvalue weighted by Gasteiger charge is -2.27. The van der Waals surface area contributed by atoms with Gasteiger partial charge in [-0.05, 0) is 34.5 Å². The van der Waals surface area contributed by atoms with Crippen LogP contribution in [0.15, 0.2) is 35.3 Å². The molecule has 0 saturated heterocycles. The Kier molecular flexibility index (Phi) is 5.11. The summed E-state index contributed by atoms with van der Waals surface area (Å²) in [5.41, 5.74) is 7.12. The molecule has 19 heavy (non-hydrogen) atoms. The van der Waals surface area contributed by atoms with E-state index in [0.29, 0.717) is 0 Å². The number of nitrogens with one attached hydrogen (secondary N) is 1. The highest BCUT2D eigenvalue weighted by atomic mass is 79.9. The number of guanidine groups is 1. The van der Waals surface area contributed by atoms with Crippen LogP contribution in [0.2, 0.25) is 0 Å². The first-order valence-corrected chi connectivity index (χ1v) is 6.44. The number of anilines is 1. The molecule has 0 atom stereocenters. The Morgan fingerprint density at radius 2 is 2.21 bits per heavy atom. The molecule has 3 N–H and O–H groups in total. The number of urea groups is 1. The van der Waals surface area contributed by atoms with Gasteiger partial charge >= 0.3 is 6.03 Å². The first-order valence-electron chi connectivity index (χ1n) is 5.65. The zero-order valence-electron chi connectivity index (χ0n) is 11.0. The summed E-state index contributed by atoms with van der Waals surface area (Å²) < 4.78 is 0.811. The van der Waals surface area contributed by atoms with Crippen molar-refractivity contribution in [3.8, 4) is 0 Å². The van der Waals surface area contributed by atoms with Crippen LogP contribution in [0.1, 0.15) is 5.56 Å². The van der Waals surface area contributed by atoms with E-state index in [1.807, 2.05) is 25.1 Å². The highest BCUT2D eigenvalue weighted by Crippen LogP contribution is 2.29. The Labute approximate surface area is 121 Å². The normalized spacial score (nSPS) is 9.84. The second kappa shape index (κ2) is 6.38. The monoisotopic (exact) mass is 324 g/mol. The van der Waals surface area contributed by atoms with Gasteiger partial charge in [0.2, 0.25) is 0 Å². The highest BCUT2D eigenvalue weighted by molar-refractivity contribution is 9.10. The number of hydrogen-bond donors (Lipinski definition) is 2. The Morgan fingerprint density at radius 3 is 2.68 bits per heavy atom. The zero-order chi connectivity index (χ0) is 14.6. The Bertz CT molecular complexity index is 495. The molecule has 0 fully saturated rings. The van der Waals surface area contributed by atoms with E-state index in [2.05, 4.69) is 22.5 Å². The second-order valence-corrected chi connectivity index (χ2v) is 4.89. The van der Waals surface area contributed by atoms with E-state index in [4.69, 9.17) is 11.1 Å². The molecule has 102 valence electrons. The van der Waals surface area contributed by atoms with E-state index >= 15 is 0 Å². The minimum Gasteiger partial charge on any atom is -0.370 e. The Hall–Kier alpha value is -1.82. The number of nitrogens with two attached hydrogens (primary N) is 1. The number of carbonyl (C=O) groups excluding carboxylic acids is 1. The van der Waals surface area contributed by atoms with Crippen LogP contribution in [0.4, 0.5) is 10.5 Å². The summed E-state index contributed by atoms with van der Waals surface area (Å²) in [6.07, 6.45) is 1.53. The van der Waals surface area contributed by atoms with Crippen LogP contribution in [0.3, 0.4) is 0 Å². The third-order valence-electron chi connectivity index (χ3n) is 2.64. The van der Waals surface area contributed by atoms with E-state index in [-0.39, 0.29) is 18.5 Å². The molecule has 1 aromatic carbocycles. The van der Waals surface area contributed by atoms with Crippen LogP contribution in [0.5, 0.6) is 0 Å². The molecule has 0 spiro atoms. The van der Waals surface area contributed by atoms with Crippen LogP contribution in [0, 0.1) is 12.3 Å². The minimum absolute atomic E-state index is 0.196. The average molecular weight is 325 g/mol. The van der Waals surface area contributed by atoms with E-state index in [0.717, 1.165) is 20.6 Å². The van der Waals surface area contributed by atoms with Crippen LogP contribution in [-0.2, 0) is 0 Å². The molecule has 0 unspecified atom stereocenters. The summed E-state index contributed by atoms with van der Waals surface area (Å²) in [6, 6.07) is 5.29. The van der Waals surface area contributed by atoms with E-state index in [9.17, 15) is 4.79 Å². The Morgan fingerprint density at radius 1 is 1.58 bits per heavy atom. The molecule has 0 aliphatic carbocycles. The molecule has 2 amide bonds. The number of halogens is 1. The summed E-state index contributed by atoms with van der Waals surface area (Å²) in [7, 11) is 1.65. The largest absolute Gasteiger partial charge is 0.370 e. The standard InChI is InChI=1S/C13H17BrN4O/c1-4-8-18(12(15)16)13(19)17(3)11-9(2)6-5-7-10(11)14/h4-7H,1,8H2,2-3H3,(H3,15,16). The smallest absolute Gasteiger partial charge is 0.331 e. The number of amides is 2. The van der Waals surface area contributed by atoms with Gasteiger partial charge in [0, 0.05) is 18.1 Å². The number of rotatable bonds is 3. The molecule has 5 nitrogen and oxygen atoms in total. The van der Waals surface area contributed by atoms with Crippen LogP contribution >= 0.6 is 15.9 Å². The molecule has 0 saturated carbocycles. The van der Waals surface area contributed by atoms with Crippen LogP contribution in [0.25, 0.3) is 0 Å². The van der Waals surface area contributed by atoms with Crippen molar-refractivity contribution in [1.29, 1.82) is 5.41 Å². The maximum Gasteiger partial charge on any atom is 0.331 e. The van der Waals surface area contributed by atoms with Crippen molar-refractivity contribution in [2.45, 2.75) is 6.92 Å². The van der Waals surface area contributed by atoms with Gasteiger partial charge in [0.25, 0.3) is 0 Å². The fourth-order valence-corrected chi connectivity index (χ4v) is 2.46. The summed E-state index contributed by atoms with van der Waals surface area (Å²) in [4.78, 5) is 14.9. The predicted molar refractivity (Wildman–Crippen MR) is 81.5 cm³/mol. The minimum atomic E-state index is -0.373. The fourth-order valence-electron chi connectivity index (χ4n) is 1.73. The van der Waals surface area contributed by atoms with E-state index in [1.165, 1.54) is 11.0 Å². The van der Waals surface area contributed by atoms with Crippen molar-refractivity contribution in [2.24, 2.45) is 5.73 Å². The maximum atomic E-state index is 12.3. The molecule has 0 heterocycles. The molecular weight excluding hydrogens is 308 g/mol. The topological polar surface area (TPSA) is 73.4 Å². The predicted octanol–water partition coefficient (Wildman–Crippen LogP) is 2.70. The van der Waals surface area contributed by atoms with Gasteiger partial charge in [-0.1, -0.05) is 18.2 Å². The third kappa shape index (κ3) is 3.35. The van der Waals surface area contributed by atoms with Crippen LogP contribution in [-0.4, -0.2) is 30.5 Å². The lowest BCUT2D eigenvalue weighted by molar-refractivity contribution is 0.230. The van der Waals surface area contributed by atoms with Gasteiger partial charge in [0.1, 0.15) is 0 Å². The second-order valence-electron chi connectivity index (χ2n) is 4.03. The number of carbonyl (C=O) groups is 1. The van der Waals surface area contributed by atoms with Crippen molar-refractivity contribution in [2.75, 3.05) is 18.5 Å². The molecule has 0 aromatic heterocycles. The molecular formula is C13H17BrN4O. The summed E-state index contributed by atoms with van der Waals surface area (Å²) in [5, 5.41) is 7.45. The zero-order valence-corrected chi connectivity index (χ0v) is 12.6. The first kappa shape index (κ1) is 15.2. The van der Waals surface area contributed by atoms with Gasteiger partial charge < -0.3 is 5.73 Å².